The molecule has 5 atom stereocenters. The van der Waals surface area contributed by atoms with Gasteiger partial charge in [0.2, 0.25) is 41.4 Å². The van der Waals surface area contributed by atoms with E-state index in [2.05, 4.69) is 41.9 Å². The molecule has 0 saturated carbocycles. The van der Waals surface area contributed by atoms with Gasteiger partial charge < -0.3 is 42.6 Å². The Morgan fingerprint density at radius 2 is 1.65 bits per heavy atom. The van der Waals surface area contributed by atoms with E-state index in [9.17, 15) is 33.6 Å². The molecule has 1 fully saturated rings. The normalized spacial score (nSPS) is 21.9. The number of hydrogen-bond donors (Lipinski definition) is 8. The fraction of sp³-hybridized carbons (Fsp3) is 0.500. The van der Waals surface area contributed by atoms with Crippen LogP contribution in [0.15, 0.2) is 42.9 Å². The van der Waals surface area contributed by atoms with E-state index in [4.69, 9.17) is 5.73 Å². The van der Waals surface area contributed by atoms with Gasteiger partial charge in [0.1, 0.15) is 30.2 Å². The van der Waals surface area contributed by atoms with E-state index in [1.165, 1.54) is 19.4 Å². The molecule has 7 amide bonds. The lowest BCUT2D eigenvalue weighted by Gasteiger charge is -2.27. The van der Waals surface area contributed by atoms with Crippen molar-refractivity contribution in [1.82, 2.24) is 41.9 Å². The van der Waals surface area contributed by atoms with Crippen molar-refractivity contribution < 1.29 is 33.6 Å². The van der Waals surface area contributed by atoms with Gasteiger partial charge in [-0.05, 0) is 24.8 Å². The molecule has 16 nitrogen and oxygen atoms in total. The number of imidazole rings is 1. The van der Waals surface area contributed by atoms with Gasteiger partial charge in [-0.3, -0.25) is 33.6 Å². The number of aromatic amines is 1. The van der Waals surface area contributed by atoms with Gasteiger partial charge in [0.15, 0.2) is 0 Å². The number of nitrogens with two attached hydrogens (primary N) is 1. The second-order valence-electron chi connectivity index (χ2n) is 11.7. The molecule has 16 heteroatoms. The summed E-state index contributed by atoms with van der Waals surface area (Å²) < 4.78 is 0. The van der Waals surface area contributed by atoms with Crippen LogP contribution in [0.4, 0.5) is 0 Å². The first-order valence-corrected chi connectivity index (χ1v) is 16.0. The second-order valence-corrected chi connectivity index (χ2v) is 11.7. The first kappa shape index (κ1) is 37.2. The van der Waals surface area contributed by atoms with Gasteiger partial charge >= 0.3 is 0 Å². The van der Waals surface area contributed by atoms with E-state index in [1.54, 1.807) is 30.3 Å². The van der Waals surface area contributed by atoms with Crippen molar-refractivity contribution in [1.29, 1.82) is 0 Å². The molecule has 1 aromatic heterocycles. The zero-order valence-corrected chi connectivity index (χ0v) is 27.2. The molecule has 9 N–H and O–H groups in total. The number of nitrogens with one attached hydrogen (secondary N) is 7. The summed E-state index contributed by atoms with van der Waals surface area (Å²) in [6.07, 6.45) is 4.20. The number of primary amides is 1. The fourth-order valence-corrected chi connectivity index (χ4v) is 5.17. The maximum absolute atomic E-state index is 13.8. The Morgan fingerprint density at radius 3 is 2.29 bits per heavy atom. The lowest BCUT2D eigenvalue weighted by atomic mass is 10.0. The van der Waals surface area contributed by atoms with Gasteiger partial charge in [-0.1, -0.05) is 50.1 Å². The SMILES string of the molecule is CCCC[C@H](NC(C)=O)C(=O)N[C@H]1CCC(=O)NCC[C@@H](C(N)=O)NC(=O)[C@@H](Cc2ccccc2)NC(=O)[C@H](Cc2cnc[nH]2)NC1=O. The molecule has 0 radical (unpaired) electrons. The average molecular weight is 668 g/mol. The summed E-state index contributed by atoms with van der Waals surface area (Å²) in [5.41, 5.74) is 6.76. The Hall–Kier alpha value is -5.28. The highest BCUT2D eigenvalue weighted by Gasteiger charge is 2.33. The number of carbonyl (C=O) groups excluding carboxylic acids is 7. The highest BCUT2D eigenvalue weighted by atomic mass is 16.2. The third-order valence-corrected chi connectivity index (χ3v) is 7.78. The number of nitrogens with zero attached hydrogens (tertiary/aromatic N) is 1. The van der Waals surface area contributed by atoms with Gasteiger partial charge in [-0.25, -0.2) is 4.98 Å². The summed E-state index contributed by atoms with van der Waals surface area (Å²) >= 11 is 0. The molecular formula is C32H45N9O7. The first-order valence-electron chi connectivity index (χ1n) is 16.0. The van der Waals surface area contributed by atoms with Crippen LogP contribution in [0.1, 0.15) is 63.6 Å². The maximum atomic E-state index is 13.8. The molecule has 1 aliphatic heterocycles. The predicted molar refractivity (Wildman–Crippen MR) is 173 cm³/mol. The molecule has 0 bridgehead atoms. The van der Waals surface area contributed by atoms with Crippen LogP contribution in [0.3, 0.4) is 0 Å². The van der Waals surface area contributed by atoms with E-state index < -0.39 is 71.6 Å². The van der Waals surface area contributed by atoms with Gasteiger partial charge in [0.05, 0.1) is 6.33 Å². The first-order chi connectivity index (χ1) is 23.0. The van der Waals surface area contributed by atoms with Gasteiger partial charge in [0, 0.05) is 44.6 Å². The Labute approximate surface area is 278 Å². The molecule has 1 aliphatic rings. The lowest BCUT2D eigenvalue weighted by molar-refractivity contribution is -0.135. The maximum Gasteiger partial charge on any atom is 0.243 e. The number of aromatic nitrogens is 2. The summed E-state index contributed by atoms with van der Waals surface area (Å²) in [5.74, 6) is -4.52. The van der Waals surface area contributed by atoms with E-state index in [0.717, 1.165) is 6.42 Å². The Kier molecular flexibility index (Phi) is 14.5. The summed E-state index contributed by atoms with van der Waals surface area (Å²) in [5, 5.41) is 15.8. The average Bonchev–Trinajstić information content (AvgIpc) is 3.56. The summed E-state index contributed by atoms with van der Waals surface area (Å²) in [7, 11) is 0. The van der Waals surface area contributed by atoms with Crippen LogP contribution >= 0.6 is 0 Å². The van der Waals surface area contributed by atoms with Gasteiger partial charge in [-0.2, -0.15) is 0 Å². The minimum Gasteiger partial charge on any atom is -0.368 e. The van der Waals surface area contributed by atoms with E-state index in [-0.39, 0.29) is 38.6 Å². The van der Waals surface area contributed by atoms with Gasteiger partial charge in [0.25, 0.3) is 0 Å². The van der Waals surface area contributed by atoms with Crippen molar-refractivity contribution in [3.63, 3.8) is 0 Å². The van der Waals surface area contributed by atoms with Crippen LogP contribution in [0.2, 0.25) is 0 Å². The molecule has 0 unspecified atom stereocenters. The Balaban J connectivity index is 1.96. The van der Waals surface area contributed by atoms with Crippen molar-refractivity contribution in [3.8, 4) is 0 Å². The van der Waals surface area contributed by atoms with Crippen LogP contribution in [0.25, 0.3) is 0 Å². The number of hydrogen-bond acceptors (Lipinski definition) is 8. The van der Waals surface area contributed by atoms with Crippen molar-refractivity contribution in [3.05, 3.63) is 54.1 Å². The van der Waals surface area contributed by atoms with Crippen LogP contribution in [-0.4, -0.2) is 88.1 Å². The van der Waals surface area contributed by atoms with Crippen LogP contribution in [-0.2, 0) is 46.4 Å². The fourth-order valence-electron chi connectivity index (χ4n) is 5.17. The minimum atomic E-state index is -1.27. The van der Waals surface area contributed by atoms with Crippen LogP contribution < -0.4 is 37.6 Å². The predicted octanol–water partition coefficient (Wildman–Crippen LogP) is -1.39. The summed E-state index contributed by atoms with van der Waals surface area (Å²) in [6.45, 7) is 3.18. The smallest absolute Gasteiger partial charge is 0.243 e. The largest absolute Gasteiger partial charge is 0.368 e. The minimum absolute atomic E-state index is 0.0282. The Bertz CT molecular complexity index is 1420. The van der Waals surface area contributed by atoms with Crippen molar-refractivity contribution in [2.24, 2.45) is 5.73 Å². The molecule has 3 rings (SSSR count). The standard InChI is InChI=1S/C32H45N9O7/c1-3-4-10-23(37-19(2)42)29(45)39-24-11-12-27(43)35-14-13-22(28(33)44)38-31(47)25(15-20-8-6-5-7-9-20)40-32(48)26(41-30(24)46)16-21-17-34-18-36-21/h5-9,17-18,22-26H,3-4,10-16H2,1-2H3,(H2,33,44)(H,34,36)(H,35,43)(H,37,42)(H,38,47)(H,39,45)(H,40,48)(H,41,46)/t22-,23-,24-,25+,26-/m0/s1. The molecule has 1 saturated heterocycles. The quantitative estimate of drug-likeness (QED) is 0.141. The number of carbonyl (C=O) groups is 7. The zero-order valence-electron chi connectivity index (χ0n) is 27.2. The van der Waals surface area contributed by atoms with Crippen LogP contribution in [0, 0.1) is 0 Å². The molecule has 48 heavy (non-hydrogen) atoms. The molecule has 2 heterocycles. The number of rotatable bonds is 11. The van der Waals surface area contributed by atoms with E-state index >= 15 is 0 Å². The summed E-state index contributed by atoms with van der Waals surface area (Å²) in [4.78, 5) is 98.1. The lowest BCUT2D eigenvalue weighted by Crippen LogP contribution is -2.60. The van der Waals surface area contributed by atoms with Crippen molar-refractivity contribution in [2.45, 2.75) is 95.4 Å². The third-order valence-electron chi connectivity index (χ3n) is 7.78. The van der Waals surface area contributed by atoms with E-state index in [0.29, 0.717) is 24.1 Å². The molecule has 2 aromatic rings. The molecule has 1 aromatic carbocycles. The number of unbranched alkanes of at least 4 members (excludes halogenated alkanes) is 1. The molecule has 0 aliphatic carbocycles. The molecule has 260 valence electrons. The Morgan fingerprint density at radius 1 is 0.958 bits per heavy atom. The second kappa shape index (κ2) is 18.8. The summed E-state index contributed by atoms with van der Waals surface area (Å²) in [6, 6.07) is 3.10. The highest BCUT2D eigenvalue weighted by molar-refractivity contribution is 5.96. The number of H-pyrrole nitrogens is 1. The van der Waals surface area contributed by atoms with Crippen molar-refractivity contribution >= 4 is 41.4 Å². The van der Waals surface area contributed by atoms with Crippen molar-refractivity contribution in [2.75, 3.05) is 6.54 Å². The topological polar surface area (TPSA) is 246 Å². The molecular weight excluding hydrogens is 622 g/mol. The van der Waals surface area contributed by atoms with Crippen LogP contribution in [0.5, 0.6) is 0 Å². The van der Waals surface area contributed by atoms with E-state index in [1.807, 2.05) is 6.92 Å². The zero-order chi connectivity index (χ0) is 35.1. The highest BCUT2D eigenvalue weighted by Crippen LogP contribution is 2.09. The third kappa shape index (κ3) is 12.1. The molecule has 0 spiro atoms. The van der Waals surface area contributed by atoms with Gasteiger partial charge in [-0.15, -0.1) is 0 Å². The number of benzene rings is 1. The monoisotopic (exact) mass is 667 g/mol. The number of amides is 7.